The number of hydrogen-bond donors (Lipinski definition) is 0. The van der Waals surface area contributed by atoms with Crippen LogP contribution in [0.5, 0.6) is 11.6 Å². The standard InChI is InChI=1S/C21H19N3O3S/c1-2-3-11-26-16-9-10-17-18(12-16)24(21-22-19(13-28-21)27-14-25)23-20(17)15-7-5-4-6-8-15/h4-10,12-14H,2-3,11H2,1H3. The molecular formula is C21H19N3O3S. The van der Waals surface area contributed by atoms with Gasteiger partial charge in [0.1, 0.15) is 11.4 Å². The van der Waals surface area contributed by atoms with E-state index in [0.717, 1.165) is 40.8 Å². The normalized spacial score (nSPS) is 10.9. The van der Waals surface area contributed by atoms with Crippen molar-refractivity contribution in [1.82, 2.24) is 14.8 Å². The van der Waals surface area contributed by atoms with Crippen molar-refractivity contribution in [1.29, 1.82) is 0 Å². The Balaban J connectivity index is 1.83. The van der Waals surface area contributed by atoms with Gasteiger partial charge in [0.25, 0.3) is 6.47 Å². The molecule has 142 valence electrons. The van der Waals surface area contributed by atoms with Crippen LogP contribution in [0.15, 0.2) is 53.9 Å². The highest BCUT2D eigenvalue weighted by Crippen LogP contribution is 2.33. The lowest BCUT2D eigenvalue weighted by molar-refractivity contribution is -0.120. The van der Waals surface area contributed by atoms with E-state index >= 15 is 0 Å². The average Bonchev–Trinajstić information content (AvgIpc) is 3.33. The molecule has 4 aromatic rings. The minimum atomic E-state index is 0.260. The number of rotatable bonds is 8. The van der Waals surface area contributed by atoms with Crippen LogP contribution in [-0.2, 0) is 4.79 Å². The van der Waals surface area contributed by atoms with Crippen LogP contribution in [0.1, 0.15) is 19.8 Å². The highest BCUT2D eigenvalue weighted by molar-refractivity contribution is 7.12. The Morgan fingerprint density at radius 1 is 1.18 bits per heavy atom. The van der Waals surface area contributed by atoms with Crippen molar-refractivity contribution in [2.75, 3.05) is 6.61 Å². The van der Waals surface area contributed by atoms with Gasteiger partial charge in [-0.2, -0.15) is 10.1 Å². The molecule has 0 amide bonds. The quantitative estimate of drug-likeness (QED) is 0.316. The van der Waals surface area contributed by atoms with Gasteiger partial charge in [0.05, 0.1) is 17.5 Å². The third kappa shape index (κ3) is 3.61. The maximum absolute atomic E-state index is 10.6. The summed E-state index contributed by atoms with van der Waals surface area (Å²) >= 11 is 1.36. The SMILES string of the molecule is CCCCOc1ccc2c(-c3ccccc3)nn(-c3nc(OC=O)cs3)c2c1. The summed E-state index contributed by atoms with van der Waals surface area (Å²) in [6.45, 7) is 3.18. The van der Waals surface area contributed by atoms with E-state index in [0.29, 0.717) is 18.2 Å². The summed E-state index contributed by atoms with van der Waals surface area (Å²) in [6.07, 6.45) is 2.09. The van der Waals surface area contributed by atoms with Crippen molar-refractivity contribution in [3.8, 4) is 28.0 Å². The minimum absolute atomic E-state index is 0.260. The first kappa shape index (κ1) is 18.2. The molecule has 0 saturated heterocycles. The van der Waals surface area contributed by atoms with Gasteiger partial charge in [-0.25, -0.2) is 4.68 Å². The molecule has 0 aliphatic carbocycles. The second-order valence-electron chi connectivity index (χ2n) is 6.19. The summed E-state index contributed by atoms with van der Waals surface area (Å²) in [5.41, 5.74) is 2.77. The number of carbonyl (C=O) groups is 1. The van der Waals surface area contributed by atoms with Crippen LogP contribution in [0.4, 0.5) is 0 Å². The van der Waals surface area contributed by atoms with E-state index in [2.05, 4.69) is 11.9 Å². The van der Waals surface area contributed by atoms with Crippen molar-refractivity contribution in [2.45, 2.75) is 19.8 Å². The molecule has 2 aromatic heterocycles. The van der Waals surface area contributed by atoms with Crippen molar-refractivity contribution in [3.05, 3.63) is 53.9 Å². The third-order valence-electron chi connectivity index (χ3n) is 4.29. The lowest BCUT2D eigenvalue weighted by Gasteiger charge is -2.06. The smallest absolute Gasteiger partial charge is 0.299 e. The van der Waals surface area contributed by atoms with Gasteiger partial charge in [-0.3, -0.25) is 4.79 Å². The molecule has 0 radical (unpaired) electrons. The number of aromatic nitrogens is 3. The first-order valence-corrected chi connectivity index (χ1v) is 9.95. The molecule has 0 aliphatic rings. The molecule has 2 aromatic carbocycles. The number of hydrogen-bond acceptors (Lipinski definition) is 6. The van der Waals surface area contributed by atoms with Crippen LogP contribution in [0, 0.1) is 0 Å². The van der Waals surface area contributed by atoms with Crippen LogP contribution < -0.4 is 9.47 Å². The van der Waals surface area contributed by atoms with Gasteiger partial charge in [0.15, 0.2) is 0 Å². The van der Waals surface area contributed by atoms with Crippen LogP contribution in [0.25, 0.3) is 27.3 Å². The summed E-state index contributed by atoms with van der Waals surface area (Å²) in [4.78, 5) is 15.0. The zero-order chi connectivity index (χ0) is 19.3. The molecule has 0 unspecified atom stereocenters. The van der Waals surface area contributed by atoms with E-state index in [1.165, 1.54) is 11.3 Å². The molecule has 2 heterocycles. The van der Waals surface area contributed by atoms with Crippen LogP contribution >= 0.6 is 11.3 Å². The number of nitrogens with zero attached hydrogens (tertiary/aromatic N) is 3. The number of unbranched alkanes of at least 4 members (excludes halogenated alkanes) is 1. The highest BCUT2D eigenvalue weighted by atomic mass is 32.1. The second-order valence-corrected chi connectivity index (χ2v) is 7.03. The molecular weight excluding hydrogens is 374 g/mol. The molecule has 0 saturated carbocycles. The maximum Gasteiger partial charge on any atom is 0.299 e. The van der Waals surface area contributed by atoms with Gasteiger partial charge in [0.2, 0.25) is 11.0 Å². The minimum Gasteiger partial charge on any atom is -0.494 e. The van der Waals surface area contributed by atoms with E-state index in [9.17, 15) is 4.79 Å². The highest BCUT2D eigenvalue weighted by Gasteiger charge is 2.17. The average molecular weight is 393 g/mol. The van der Waals surface area contributed by atoms with Crippen molar-refractivity contribution in [2.24, 2.45) is 0 Å². The van der Waals surface area contributed by atoms with Gasteiger partial charge >= 0.3 is 0 Å². The van der Waals surface area contributed by atoms with Gasteiger partial charge in [-0.05, 0) is 18.6 Å². The Hall–Kier alpha value is -3.19. The molecule has 7 heteroatoms. The third-order valence-corrected chi connectivity index (χ3v) is 5.08. The van der Waals surface area contributed by atoms with E-state index in [1.54, 1.807) is 10.1 Å². The fraction of sp³-hybridized carbons (Fsp3) is 0.190. The topological polar surface area (TPSA) is 66.2 Å². The molecule has 0 spiro atoms. The summed E-state index contributed by atoms with van der Waals surface area (Å²) < 4.78 is 12.5. The molecule has 0 fully saturated rings. The van der Waals surface area contributed by atoms with Crippen molar-refractivity contribution >= 4 is 28.7 Å². The number of carbonyl (C=O) groups excluding carboxylic acids is 1. The Kier molecular flexibility index (Phi) is 5.34. The second kappa shape index (κ2) is 8.22. The van der Waals surface area contributed by atoms with Crippen LogP contribution in [-0.4, -0.2) is 27.8 Å². The van der Waals surface area contributed by atoms with Gasteiger partial charge in [-0.1, -0.05) is 55.0 Å². The van der Waals surface area contributed by atoms with Gasteiger partial charge in [0, 0.05) is 17.0 Å². The molecule has 0 N–H and O–H groups in total. The van der Waals surface area contributed by atoms with Crippen molar-refractivity contribution in [3.63, 3.8) is 0 Å². The van der Waals surface area contributed by atoms with Gasteiger partial charge in [-0.15, -0.1) is 0 Å². The first-order chi connectivity index (χ1) is 13.8. The number of thiazole rings is 1. The molecule has 0 atom stereocenters. The largest absolute Gasteiger partial charge is 0.494 e. The van der Waals surface area contributed by atoms with Crippen molar-refractivity contribution < 1.29 is 14.3 Å². The Morgan fingerprint density at radius 2 is 2.04 bits per heavy atom. The summed E-state index contributed by atoms with van der Waals surface area (Å²) in [5.74, 6) is 1.05. The van der Waals surface area contributed by atoms with E-state index < -0.39 is 0 Å². The molecule has 0 bridgehead atoms. The molecule has 0 aliphatic heterocycles. The van der Waals surface area contributed by atoms with E-state index in [1.807, 2.05) is 48.5 Å². The fourth-order valence-corrected chi connectivity index (χ4v) is 3.62. The summed E-state index contributed by atoms with van der Waals surface area (Å²) in [6, 6.07) is 16.0. The summed E-state index contributed by atoms with van der Waals surface area (Å²) in [5, 5.41) is 8.11. The first-order valence-electron chi connectivity index (χ1n) is 9.07. The lowest BCUT2D eigenvalue weighted by Crippen LogP contribution is -1.98. The Labute approximate surface area is 166 Å². The summed E-state index contributed by atoms with van der Waals surface area (Å²) in [7, 11) is 0. The lowest BCUT2D eigenvalue weighted by atomic mass is 10.1. The maximum atomic E-state index is 10.6. The molecule has 6 nitrogen and oxygen atoms in total. The Bertz CT molecular complexity index is 1090. The fourth-order valence-electron chi connectivity index (χ4n) is 2.92. The number of fused-ring (bicyclic) bond motifs is 1. The van der Waals surface area contributed by atoms with E-state index in [-0.39, 0.29) is 5.88 Å². The molecule has 4 rings (SSSR count). The predicted octanol–water partition coefficient (Wildman–Crippen LogP) is 4.86. The van der Waals surface area contributed by atoms with E-state index in [4.69, 9.17) is 14.6 Å². The predicted molar refractivity (Wildman–Crippen MR) is 109 cm³/mol. The zero-order valence-corrected chi connectivity index (χ0v) is 16.2. The monoisotopic (exact) mass is 393 g/mol. The Morgan fingerprint density at radius 3 is 2.82 bits per heavy atom. The zero-order valence-electron chi connectivity index (χ0n) is 15.4. The number of benzene rings is 2. The molecule has 28 heavy (non-hydrogen) atoms. The number of ether oxygens (including phenoxy) is 2. The van der Waals surface area contributed by atoms with Crippen LogP contribution in [0.3, 0.4) is 0 Å². The van der Waals surface area contributed by atoms with Crippen LogP contribution in [0.2, 0.25) is 0 Å². The van der Waals surface area contributed by atoms with Gasteiger partial charge < -0.3 is 9.47 Å².